The number of aromatic hydroxyl groups is 1. The number of benzene rings is 6. The van der Waals surface area contributed by atoms with Crippen molar-refractivity contribution in [1.82, 2.24) is 0 Å². The third-order valence-electron chi connectivity index (χ3n) is 6.09. The summed E-state index contributed by atoms with van der Waals surface area (Å²) in [6.07, 6.45) is 0. The van der Waals surface area contributed by atoms with Gasteiger partial charge in [0.1, 0.15) is 5.75 Å². The van der Waals surface area contributed by atoms with E-state index in [-0.39, 0.29) is 16.6 Å². The van der Waals surface area contributed by atoms with Crippen molar-refractivity contribution in [1.29, 1.82) is 0 Å². The molecule has 0 heterocycles. The first-order valence-corrected chi connectivity index (χ1v) is 9.35. The van der Waals surface area contributed by atoms with Gasteiger partial charge in [-0.2, -0.15) is 0 Å². The van der Waals surface area contributed by atoms with Gasteiger partial charge >= 0.3 is 0 Å². The number of hydrogen-bond acceptors (Lipinski definition) is 3. The standard InChI is InChI=1S/C25H16O3/c1-10-4-13-19-14(5-10)24(27)16-7-12(3)9-18-21(16)22(19)20-15(23(13)26)6-11(2)8-17(20)25(18)28/h4-9,26H,1-3H3. The molecule has 0 atom stereocenters. The molecule has 4 aromatic carbocycles. The van der Waals surface area contributed by atoms with Gasteiger partial charge in [0, 0.05) is 54.2 Å². The van der Waals surface area contributed by atoms with Gasteiger partial charge in [-0.1, -0.05) is 0 Å². The van der Waals surface area contributed by atoms with Crippen LogP contribution in [0, 0.1) is 20.8 Å². The highest BCUT2D eigenvalue weighted by molar-refractivity contribution is 6.32. The first kappa shape index (κ1) is 15.6. The van der Waals surface area contributed by atoms with Crippen LogP contribution in [0.3, 0.4) is 0 Å². The van der Waals surface area contributed by atoms with Gasteiger partial charge in [0.05, 0.1) is 0 Å². The van der Waals surface area contributed by atoms with Crippen LogP contribution in [0.4, 0.5) is 0 Å². The van der Waals surface area contributed by atoms with E-state index < -0.39 is 0 Å². The highest BCUT2D eigenvalue weighted by Crippen LogP contribution is 2.49. The first-order chi connectivity index (χ1) is 13.4. The third-order valence-corrected chi connectivity index (χ3v) is 6.09. The quantitative estimate of drug-likeness (QED) is 0.302. The number of hydrogen-bond donors (Lipinski definition) is 1. The Labute approximate surface area is 159 Å². The molecule has 0 radical (unpaired) electrons. The van der Waals surface area contributed by atoms with Crippen LogP contribution in [0.2, 0.25) is 0 Å². The van der Waals surface area contributed by atoms with E-state index in [1.54, 1.807) is 0 Å². The van der Waals surface area contributed by atoms with E-state index in [2.05, 4.69) is 0 Å². The van der Waals surface area contributed by atoms with Crippen LogP contribution >= 0.6 is 0 Å². The molecule has 0 saturated carbocycles. The molecule has 0 bridgehead atoms. The lowest BCUT2D eigenvalue weighted by Gasteiger charge is -2.23. The minimum Gasteiger partial charge on any atom is -0.507 e. The Kier molecular flexibility index (Phi) is 2.61. The van der Waals surface area contributed by atoms with Crippen molar-refractivity contribution in [3.05, 3.63) is 73.5 Å². The summed E-state index contributed by atoms with van der Waals surface area (Å²) in [5, 5.41) is 16.4. The maximum absolute atomic E-state index is 13.4. The number of phenolic OH excluding ortho intramolecular Hbond substituents is 1. The second-order valence-corrected chi connectivity index (χ2v) is 8.09. The molecule has 4 aromatic rings. The topological polar surface area (TPSA) is 54.4 Å². The normalized spacial score (nSPS) is 12.5. The highest BCUT2D eigenvalue weighted by atomic mass is 16.3. The molecule has 2 aliphatic carbocycles. The van der Waals surface area contributed by atoms with Crippen LogP contribution in [0.5, 0.6) is 5.75 Å². The number of aryl methyl sites for hydroxylation is 3. The van der Waals surface area contributed by atoms with Crippen LogP contribution in [-0.2, 0) is 0 Å². The Balaban J connectivity index is 2.19. The smallest absolute Gasteiger partial charge is 0.194 e. The van der Waals surface area contributed by atoms with Gasteiger partial charge in [0.25, 0.3) is 0 Å². The Bertz CT molecular complexity index is 1560. The lowest BCUT2D eigenvalue weighted by molar-refractivity contribution is 0.488. The van der Waals surface area contributed by atoms with Crippen molar-refractivity contribution in [2.75, 3.05) is 0 Å². The summed E-state index contributed by atoms with van der Waals surface area (Å²) >= 11 is 0. The van der Waals surface area contributed by atoms with Crippen LogP contribution in [0.1, 0.15) is 16.7 Å². The molecular weight excluding hydrogens is 348 g/mol. The highest BCUT2D eigenvalue weighted by Gasteiger charge is 2.28. The van der Waals surface area contributed by atoms with E-state index in [4.69, 9.17) is 0 Å². The fraction of sp³-hybridized carbons (Fsp3) is 0.120. The lowest BCUT2D eigenvalue weighted by atomic mass is 9.79. The molecule has 0 fully saturated rings. The maximum atomic E-state index is 13.4. The molecule has 2 aliphatic rings. The first-order valence-electron chi connectivity index (χ1n) is 9.35. The summed E-state index contributed by atoms with van der Waals surface area (Å²) in [6.45, 7) is 5.78. The van der Waals surface area contributed by atoms with Crippen LogP contribution in [0.25, 0.3) is 54.2 Å². The number of rotatable bonds is 0. The van der Waals surface area contributed by atoms with Gasteiger partial charge in [-0.05, 0) is 73.9 Å². The molecule has 134 valence electrons. The molecule has 6 rings (SSSR count). The summed E-state index contributed by atoms with van der Waals surface area (Å²) in [4.78, 5) is 26.8. The van der Waals surface area contributed by atoms with E-state index in [0.29, 0.717) is 32.3 Å². The van der Waals surface area contributed by atoms with E-state index >= 15 is 0 Å². The molecule has 0 aliphatic heterocycles. The van der Waals surface area contributed by atoms with Crippen molar-refractivity contribution in [3.8, 4) is 16.9 Å². The lowest BCUT2D eigenvalue weighted by Crippen LogP contribution is -2.14. The maximum Gasteiger partial charge on any atom is 0.194 e. The van der Waals surface area contributed by atoms with Crippen LogP contribution in [0.15, 0.2) is 46.0 Å². The Morgan fingerprint density at radius 3 is 1.32 bits per heavy atom. The van der Waals surface area contributed by atoms with Crippen molar-refractivity contribution >= 4 is 43.1 Å². The minimum absolute atomic E-state index is 0.0803. The van der Waals surface area contributed by atoms with Crippen molar-refractivity contribution < 1.29 is 5.11 Å². The average molecular weight is 364 g/mol. The Morgan fingerprint density at radius 2 is 0.893 bits per heavy atom. The molecule has 28 heavy (non-hydrogen) atoms. The zero-order valence-electron chi connectivity index (χ0n) is 15.7. The summed E-state index contributed by atoms with van der Waals surface area (Å²) < 4.78 is 0. The molecule has 0 amide bonds. The van der Waals surface area contributed by atoms with Crippen LogP contribution in [-0.4, -0.2) is 5.11 Å². The molecule has 0 saturated heterocycles. The van der Waals surface area contributed by atoms with E-state index in [9.17, 15) is 14.7 Å². The van der Waals surface area contributed by atoms with E-state index in [1.165, 1.54) is 0 Å². The number of phenols is 1. The Morgan fingerprint density at radius 1 is 0.536 bits per heavy atom. The second-order valence-electron chi connectivity index (χ2n) is 8.09. The fourth-order valence-electron chi connectivity index (χ4n) is 5.07. The molecule has 3 nitrogen and oxygen atoms in total. The molecule has 0 unspecified atom stereocenters. The van der Waals surface area contributed by atoms with E-state index in [1.807, 2.05) is 57.2 Å². The van der Waals surface area contributed by atoms with Crippen LogP contribution < -0.4 is 10.9 Å². The minimum atomic E-state index is -0.0803. The molecular formula is C25H16O3. The van der Waals surface area contributed by atoms with Gasteiger partial charge in [-0.25, -0.2) is 0 Å². The summed E-state index contributed by atoms with van der Waals surface area (Å²) in [6, 6.07) is 11.4. The fourth-order valence-corrected chi connectivity index (χ4v) is 5.07. The van der Waals surface area contributed by atoms with Gasteiger partial charge < -0.3 is 5.11 Å². The van der Waals surface area contributed by atoms with Crippen molar-refractivity contribution in [2.45, 2.75) is 20.8 Å². The second kappa shape index (κ2) is 4.68. The largest absolute Gasteiger partial charge is 0.507 e. The van der Waals surface area contributed by atoms with E-state index in [0.717, 1.165) is 38.6 Å². The average Bonchev–Trinajstić information content (AvgIpc) is 2.65. The molecule has 0 aromatic heterocycles. The van der Waals surface area contributed by atoms with Gasteiger partial charge in [0.15, 0.2) is 10.9 Å². The summed E-state index contributed by atoms with van der Waals surface area (Å²) in [5.74, 6) is 0.142. The third kappa shape index (κ3) is 1.61. The summed E-state index contributed by atoms with van der Waals surface area (Å²) in [5.41, 5.74) is 4.23. The zero-order valence-corrected chi connectivity index (χ0v) is 15.7. The zero-order chi connectivity index (χ0) is 19.5. The van der Waals surface area contributed by atoms with Crippen molar-refractivity contribution in [3.63, 3.8) is 0 Å². The van der Waals surface area contributed by atoms with Gasteiger partial charge in [-0.3, -0.25) is 9.59 Å². The Hall–Kier alpha value is -3.46. The summed E-state index contributed by atoms with van der Waals surface area (Å²) in [7, 11) is 0. The molecule has 3 heteroatoms. The SMILES string of the molecule is Cc1cc2c3c(c1)c(=O)c1cc(C)cc4c(O)c5cc(C)cc(c2=O)c5c-3c41. The molecule has 0 spiro atoms. The van der Waals surface area contributed by atoms with Gasteiger partial charge in [-0.15, -0.1) is 0 Å². The molecule has 1 N–H and O–H groups in total. The predicted octanol–water partition coefficient (Wildman–Crippen LogP) is 5.07. The van der Waals surface area contributed by atoms with Gasteiger partial charge in [0.2, 0.25) is 0 Å². The monoisotopic (exact) mass is 364 g/mol. The van der Waals surface area contributed by atoms with Crippen molar-refractivity contribution in [2.24, 2.45) is 0 Å². The predicted molar refractivity (Wildman–Crippen MR) is 115 cm³/mol.